The van der Waals surface area contributed by atoms with Gasteiger partial charge in [-0.05, 0) is 46.8 Å². The largest absolute Gasteiger partial charge is 0.467 e. The standard InChI is InChI=1S/C22H19BrN2O4S/c1-29-22(28)19(15-8-10-17(23)11-9-15)25-20(26)16-6-4-14(5-7-16)13-24-21(27)18-3-2-12-30-18/h2-12,19H,13H2,1H3,(H,24,27)(H,25,26). The molecule has 8 heteroatoms. The topological polar surface area (TPSA) is 84.5 Å². The van der Waals surface area contributed by atoms with E-state index < -0.39 is 17.9 Å². The lowest BCUT2D eigenvalue weighted by molar-refractivity contribution is -0.143. The van der Waals surface area contributed by atoms with Crippen LogP contribution >= 0.6 is 27.3 Å². The number of hydrogen-bond donors (Lipinski definition) is 2. The van der Waals surface area contributed by atoms with Crippen LogP contribution < -0.4 is 10.6 Å². The van der Waals surface area contributed by atoms with Gasteiger partial charge in [-0.1, -0.05) is 46.3 Å². The molecule has 0 fully saturated rings. The van der Waals surface area contributed by atoms with E-state index in [4.69, 9.17) is 4.74 Å². The fourth-order valence-corrected chi connectivity index (χ4v) is 3.62. The van der Waals surface area contributed by atoms with Gasteiger partial charge in [0.15, 0.2) is 6.04 Å². The number of carbonyl (C=O) groups is 3. The summed E-state index contributed by atoms with van der Waals surface area (Å²) in [4.78, 5) is 37.5. The van der Waals surface area contributed by atoms with E-state index >= 15 is 0 Å². The van der Waals surface area contributed by atoms with Crippen molar-refractivity contribution in [1.82, 2.24) is 10.6 Å². The molecule has 6 nitrogen and oxygen atoms in total. The van der Waals surface area contributed by atoms with Crippen molar-refractivity contribution < 1.29 is 19.1 Å². The molecule has 1 aromatic heterocycles. The summed E-state index contributed by atoms with van der Waals surface area (Å²) in [6.07, 6.45) is 0. The van der Waals surface area contributed by atoms with Gasteiger partial charge in [-0.2, -0.15) is 0 Å². The van der Waals surface area contributed by atoms with Gasteiger partial charge in [0, 0.05) is 16.6 Å². The number of esters is 1. The van der Waals surface area contributed by atoms with Crippen LogP contribution in [0.1, 0.15) is 37.2 Å². The lowest BCUT2D eigenvalue weighted by Gasteiger charge is -2.17. The zero-order valence-electron chi connectivity index (χ0n) is 16.1. The third-order valence-corrected chi connectivity index (χ3v) is 5.73. The third-order valence-electron chi connectivity index (χ3n) is 4.33. The first kappa shape index (κ1) is 21.7. The summed E-state index contributed by atoms with van der Waals surface area (Å²) >= 11 is 4.72. The molecule has 3 aromatic rings. The van der Waals surface area contributed by atoms with Crippen molar-refractivity contribution in [2.75, 3.05) is 7.11 Å². The summed E-state index contributed by atoms with van der Waals surface area (Å²) in [5.74, 6) is -1.09. The van der Waals surface area contributed by atoms with Crippen molar-refractivity contribution in [2.24, 2.45) is 0 Å². The Hall–Kier alpha value is -2.97. The molecule has 0 aliphatic heterocycles. The highest BCUT2D eigenvalue weighted by Crippen LogP contribution is 2.19. The Bertz CT molecular complexity index is 1020. The number of amides is 2. The van der Waals surface area contributed by atoms with Crippen LogP contribution in [0, 0.1) is 0 Å². The second kappa shape index (κ2) is 10.2. The Morgan fingerprint density at radius 2 is 1.70 bits per heavy atom. The van der Waals surface area contributed by atoms with E-state index in [1.165, 1.54) is 18.4 Å². The number of halogens is 1. The van der Waals surface area contributed by atoms with Gasteiger partial charge in [0.05, 0.1) is 12.0 Å². The van der Waals surface area contributed by atoms with Crippen LogP contribution in [0.15, 0.2) is 70.5 Å². The average Bonchev–Trinajstić information content (AvgIpc) is 3.31. The van der Waals surface area contributed by atoms with Gasteiger partial charge in [0.25, 0.3) is 11.8 Å². The predicted octanol–water partition coefficient (Wildman–Crippen LogP) is 4.08. The van der Waals surface area contributed by atoms with Gasteiger partial charge in [-0.15, -0.1) is 11.3 Å². The van der Waals surface area contributed by atoms with Crippen molar-refractivity contribution in [1.29, 1.82) is 0 Å². The minimum absolute atomic E-state index is 0.137. The molecule has 30 heavy (non-hydrogen) atoms. The summed E-state index contributed by atoms with van der Waals surface area (Å²) in [6, 6.07) is 16.5. The summed E-state index contributed by atoms with van der Waals surface area (Å²) in [5, 5.41) is 7.39. The number of thiophene rings is 1. The molecule has 1 atom stereocenters. The number of nitrogens with one attached hydrogen (secondary N) is 2. The molecule has 0 saturated carbocycles. The Morgan fingerprint density at radius 3 is 2.30 bits per heavy atom. The van der Waals surface area contributed by atoms with Crippen LogP contribution in [0.4, 0.5) is 0 Å². The van der Waals surface area contributed by atoms with Crippen molar-refractivity contribution in [3.8, 4) is 0 Å². The van der Waals surface area contributed by atoms with Gasteiger partial charge >= 0.3 is 5.97 Å². The van der Waals surface area contributed by atoms with Crippen molar-refractivity contribution in [3.05, 3.63) is 92.1 Å². The third kappa shape index (κ3) is 5.55. The van der Waals surface area contributed by atoms with Crippen molar-refractivity contribution in [2.45, 2.75) is 12.6 Å². The molecule has 0 aliphatic rings. The van der Waals surface area contributed by atoms with Crippen LogP contribution in [0.25, 0.3) is 0 Å². The molecule has 1 unspecified atom stereocenters. The van der Waals surface area contributed by atoms with E-state index in [9.17, 15) is 14.4 Å². The Kier molecular flexibility index (Phi) is 7.37. The number of hydrogen-bond acceptors (Lipinski definition) is 5. The van der Waals surface area contributed by atoms with Crippen LogP contribution in [0.5, 0.6) is 0 Å². The second-order valence-electron chi connectivity index (χ2n) is 6.34. The fourth-order valence-electron chi connectivity index (χ4n) is 2.72. The molecule has 3 rings (SSSR count). The summed E-state index contributed by atoms with van der Waals surface area (Å²) in [6.45, 7) is 0.350. The highest BCUT2D eigenvalue weighted by atomic mass is 79.9. The molecule has 0 aliphatic carbocycles. The zero-order valence-corrected chi connectivity index (χ0v) is 18.5. The van der Waals surface area contributed by atoms with Gasteiger partial charge in [-0.3, -0.25) is 9.59 Å². The number of rotatable bonds is 7. The van der Waals surface area contributed by atoms with Crippen LogP contribution in [0.3, 0.4) is 0 Å². The number of methoxy groups -OCH3 is 1. The first-order valence-electron chi connectivity index (χ1n) is 9.02. The molecule has 2 N–H and O–H groups in total. The molecule has 0 spiro atoms. The molecule has 1 heterocycles. The van der Waals surface area contributed by atoms with Crippen molar-refractivity contribution >= 4 is 45.1 Å². The monoisotopic (exact) mass is 486 g/mol. The van der Waals surface area contributed by atoms with Crippen LogP contribution in [-0.2, 0) is 16.1 Å². The van der Waals surface area contributed by atoms with Gasteiger partial charge in [-0.25, -0.2) is 4.79 Å². The lowest BCUT2D eigenvalue weighted by Crippen LogP contribution is -2.34. The maximum atomic E-state index is 12.7. The molecule has 0 bridgehead atoms. The molecule has 2 aromatic carbocycles. The quantitative estimate of drug-likeness (QED) is 0.492. The molecule has 0 saturated heterocycles. The van der Waals surface area contributed by atoms with Gasteiger partial charge < -0.3 is 15.4 Å². The lowest BCUT2D eigenvalue weighted by atomic mass is 10.1. The fraction of sp³-hybridized carbons (Fsp3) is 0.136. The van der Waals surface area contributed by atoms with E-state index in [1.807, 2.05) is 11.4 Å². The minimum Gasteiger partial charge on any atom is -0.467 e. The second-order valence-corrected chi connectivity index (χ2v) is 8.20. The first-order valence-corrected chi connectivity index (χ1v) is 10.7. The van der Waals surface area contributed by atoms with E-state index in [1.54, 1.807) is 54.6 Å². The van der Waals surface area contributed by atoms with E-state index in [-0.39, 0.29) is 5.91 Å². The molecule has 0 radical (unpaired) electrons. The summed E-state index contributed by atoms with van der Waals surface area (Å²) in [5.41, 5.74) is 1.87. The van der Waals surface area contributed by atoms with E-state index in [0.29, 0.717) is 22.5 Å². The smallest absolute Gasteiger partial charge is 0.333 e. The molecular weight excluding hydrogens is 468 g/mol. The summed E-state index contributed by atoms with van der Waals surface area (Å²) in [7, 11) is 1.28. The SMILES string of the molecule is COC(=O)C(NC(=O)c1ccc(CNC(=O)c2cccs2)cc1)c1ccc(Br)cc1. The van der Waals surface area contributed by atoms with Gasteiger partial charge in [0.1, 0.15) is 0 Å². The zero-order chi connectivity index (χ0) is 21.5. The Labute approximate surface area is 186 Å². The highest BCUT2D eigenvalue weighted by molar-refractivity contribution is 9.10. The first-order chi connectivity index (χ1) is 14.5. The normalized spacial score (nSPS) is 11.4. The van der Waals surface area contributed by atoms with E-state index in [0.717, 1.165) is 10.0 Å². The minimum atomic E-state index is -0.916. The Balaban J connectivity index is 1.64. The number of ether oxygens (including phenoxy) is 1. The predicted molar refractivity (Wildman–Crippen MR) is 118 cm³/mol. The highest BCUT2D eigenvalue weighted by Gasteiger charge is 2.24. The van der Waals surface area contributed by atoms with E-state index in [2.05, 4.69) is 26.6 Å². The van der Waals surface area contributed by atoms with Crippen LogP contribution in [-0.4, -0.2) is 24.9 Å². The number of carbonyl (C=O) groups excluding carboxylic acids is 3. The molecule has 2 amide bonds. The van der Waals surface area contributed by atoms with Gasteiger partial charge in [0.2, 0.25) is 0 Å². The Morgan fingerprint density at radius 1 is 1.00 bits per heavy atom. The number of benzene rings is 2. The summed E-state index contributed by atoms with van der Waals surface area (Å²) < 4.78 is 5.70. The average molecular weight is 487 g/mol. The van der Waals surface area contributed by atoms with Crippen LogP contribution in [0.2, 0.25) is 0 Å². The maximum absolute atomic E-state index is 12.7. The molecular formula is C22H19BrN2O4S. The maximum Gasteiger partial charge on any atom is 0.333 e. The molecule has 154 valence electrons. The van der Waals surface area contributed by atoms with Crippen molar-refractivity contribution in [3.63, 3.8) is 0 Å².